The maximum Gasteiger partial charge on any atom is 0.243 e. The third kappa shape index (κ3) is 4.47. The maximum atomic E-state index is 12.6. The molecule has 7 heteroatoms. The molecule has 2 aromatic rings. The molecule has 1 fully saturated rings. The number of aromatic nitrogens is 2. The quantitative estimate of drug-likeness (QED) is 0.834. The van der Waals surface area contributed by atoms with Crippen LogP contribution in [-0.2, 0) is 4.79 Å². The Hall–Kier alpha value is -2.41. The van der Waals surface area contributed by atoms with E-state index >= 15 is 0 Å². The van der Waals surface area contributed by atoms with E-state index in [0.29, 0.717) is 17.3 Å². The van der Waals surface area contributed by atoms with Gasteiger partial charge in [0.25, 0.3) is 0 Å². The molecule has 0 saturated carbocycles. The third-order valence-electron chi connectivity index (χ3n) is 5.14. The van der Waals surface area contributed by atoms with Gasteiger partial charge in [-0.25, -0.2) is 0 Å². The van der Waals surface area contributed by atoms with Crippen LogP contribution in [0.5, 0.6) is 5.75 Å². The van der Waals surface area contributed by atoms with Crippen LogP contribution in [0.1, 0.15) is 57.3 Å². The number of hydrogen-bond donors (Lipinski definition) is 1. The lowest BCUT2D eigenvalue weighted by molar-refractivity contribution is -0.121. The van der Waals surface area contributed by atoms with Crippen LogP contribution in [0.25, 0.3) is 0 Å². The van der Waals surface area contributed by atoms with Crippen LogP contribution in [0.2, 0.25) is 0 Å². The molecule has 1 aliphatic heterocycles. The zero-order chi connectivity index (χ0) is 19.4. The molecule has 1 aliphatic rings. The zero-order valence-electron chi connectivity index (χ0n) is 16.4. The normalized spacial score (nSPS) is 17.1. The largest absolute Gasteiger partial charge is 0.495 e. The lowest BCUT2D eigenvalue weighted by Crippen LogP contribution is -2.39. The molecule has 1 N–H and O–H groups in total. The Balaban J connectivity index is 1.55. The van der Waals surface area contributed by atoms with Gasteiger partial charge in [-0.2, -0.15) is 4.98 Å². The van der Waals surface area contributed by atoms with Crippen LogP contribution in [0.15, 0.2) is 28.8 Å². The number of carbonyl (C=O) groups is 1. The number of para-hydroxylation sites is 2. The Labute approximate surface area is 160 Å². The Morgan fingerprint density at radius 1 is 1.26 bits per heavy atom. The van der Waals surface area contributed by atoms with Crippen molar-refractivity contribution in [3.8, 4) is 5.75 Å². The van der Waals surface area contributed by atoms with E-state index in [1.54, 1.807) is 7.11 Å². The van der Waals surface area contributed by atoms with Crippen LogP contribution in [0.3, 0.4) is 0 Å². The van der Waals surface area contributed by atoms with Crippen molar-refractivity contribution in [2.45, 2.75) is 45.6 Å². The number of ether oxygens (including phenoxy) is 1. The Morgan fingerprint density at radius 3 is 2.59 bits per heavy atom. The molecule has 0 spiro atoms. The van der Waals surface area contributed by atoms with E-state index in [2.05, 4.69) is 27.3 Å². The van der Waals surface area contributed by atoms with Gasteiger partial charge >= 0.3 is 0 Å². The van der Waals surface area contributed by atoms with Crippen LogP contribution in [0.4, 0.5) is 5.69 Å². The molecule has 1 aromatic carbocycles. The van der Waals surface area contributed by atoms with Crippen molar-refractivity contribution in [3.63, 3.8) is 0 Å². The molecule has 7 nitrogen and oxygen atoms in total. The number of anilines is 1. The fourth-order valence-electron chi connectivity index (χ4n) is 3.34. The predicted octanol–water partition coefficient (Wildman–Crippen LogP) is 3.61. The van der Waals surface area contributed by atoms with E-state index in [9.17, 15) is 4.79 Å². The molecule has 0 radical (unpaired) electrons. The first-order valence-corrected chi connectivity index (χ1v) is 9.51. The molecule has 1 amide bonds. The molecule has 1 aromatic heterocycles. The first-order chi connectivity index (χ1) is 13.0. The van der Waals surface area contributed by atoms with Gasteiger partial charge in [0.1, 0.15) is 5.75 Å². The second-order valence-corrected chi connectivity index (χ2v) is 7.32. The number of hydrogen-bond acceptors (Lipinski definition) is 6. The van der Waals surface area contributed by atoms with Gasteiger partial charge in [0.15, 0.2) is 5.82 Å². The van der Waals surface area contributed by atoms with Crippen LogP contribution in [-0.4, -0.2) is 41.1 Å². The predicted molar refractivity (Wildman–Crippen MR) is 103 cm³/mol. The second-order valence-electron chi connectivity index (χ2n) is 7.32. The molecule has 0 aliphatic carbocycles. The van der Waals surface area contributed by atoms with Gasteiger partial charge < -0.3 is 14.6 Å². The fourth-order valence-corrected chi connectivity index (χ4v) is 3.34. The summed E-state index contributed by atoms with van der Waals surface area (Å²) in [6, 6.07) is 7.53. The molecule has 146 valence electrons. The van der Waals surface area contributed by atoms with E-state index in [-0.39, 0.29) is 23.8 Å². The SMILES string of the molecule is COc1ccccc1NC(=O)C1CCN([C@H](C)c2nc(C(C)C)no2)CC1. The summed E-state index contributed by atoms with van der Waals surface area (Å²) >= 11 is 0. The van der Waals surface area contributed by atoms with Crippen molar-refractivity contribution in [3.05, 3.63) is 36.0 Å². The monoisotopic (exact) mass is 372 g/mol. The van der Waals surface area contributed by atoms with Crippen molar-refractivity contribution in [1.29, 1.82) is 0 Å². The first kappa shape index (κ1) is 19.4. The Bertz CT molecular complexity index is 766. The molecule has 3 rings (SSSR count). The summed E-state index contributed by atoms with van der Waals surface area (Å²) in [6.45, 7) is 7.82. The van der Waals surface area contributed by atoms with Crippen molar-refractivity contribution in [2.75, 3.05) is 25.5 Å². The minimum Gasteiger partial charge on any atom is -0.495 e. The van der Waals surface area contributed by atoms with Gasteiger partial charge in [-0.3, -0.25) is 9.69 Å². The zero-order valence-corrected chi connectivity index (χ0v) is 16.4. The highest BCUT2D eigenvalue weighted by Gasteiger charge is 2.30. The lowest BCUT2D eigenvalue weighted by atomic mass is 9.95. The standard InChI is InChI=1S/C20H28N4O3/c1-13(2)18-22-20(27-23-18)14(3)24-11-9-15(10-12-24)19(25)21-16-7-5-6-8-17(16)26-4/h5-8,13-15H,9-12H2,1-4H3,(H,21,25)/t14-/m1/s1. The van der Waals surface area contributed by atoms with Gasteiger partial charge in [0, 0.05) is 11.8 Å². The van der Waals surface area contributed by atoms with E-state index in [1.807, 2.05) is 38.1 Å². The van der Waals surface area contributed by atoms with Crippen LogP contribution < -0.4 is 10.1 Å². The number of methoxy groups -OCH3 is 1. The number of amides is 1. The summed E-state index contributed by atoms with van der Waals surface area (Å²) in [5.41, 5.74) is 0.716. The number of benzene rings is 1. The lowest BCUT2D eigenvalue weighted by Gasteiger charge is -2.33. The first-order valence-electron chi connectivity index (χ1n) is 9.51. The van der Waals surface area contributed by atoms with E-state index in [1.165, 1.54) is 0 Å². The van der Waals surface area contributed by atoms with Gasteiger partial charge in [-0.1, -0.05) is 31.1 Å². The van der Waals surface area contributed by atoms with Gasteiger partial charge in [0.2, 0.25) is 11.8 Å². The van der Waals surface area contributed by atoms with Gasteiger partial charge in [-0.15, -0.1) is 0 Å². The van der Waals surface area contributed by atoms with E-state index in [0.717, 1.165) is 31.8 Å². The van der Waals surface area contributed by atoms with Gasteiger partial charge in [0.05, 0.1) is 18.8 Å². The summed E-state index contributed by atoms with van der Waals surface area (Å²) in [6.07, 6.45) is 1.60. The molecule has 0 unspecified atom stereocenters. The Kier molecular flexibility index (Phi) is 6.11. The maximum absolute atomic E-state index is 12.6. The molecular weight excluding hydrogens is 344 g/mol. The van der Waals surface area contributed by atoms with E-state index in [4.69, 9.17) is 9.26 Å². The number of nitrogens with zero attached hydrogens (tertiary/aromatic N) is 3. The summed E-state index contributed by atoms with van der Waals surface area (Å²) in [4.78, 5) is 19.4. The van der Waals surface area contributed by atoms with Gasteiger partial charge in [-0.05, 0) is 45.0 Å². The van der Waals surface area contributed by atoms with Crippen LogP contribution >= 0.6 is 0 Å². The minimum absolute atomic E-state index is 0.00716. The van der Waals surface area contributed by atoms with E-state index < -0.39 is 0 Å². The highest BCUT2D eigenvalue weighted by atomic mass is 16.5. The summed E-state index contributed by atoms with van der Waals surface area (Å²) in [7, 11) is 1.60. The number of nitrogens with one attached hydrogen (secondary N) is 1. The summed E-state index contributed by atoms with van der Waals surface area (Å²) < 4.78 is 10.7. The molecular formula is C20H28N4O3. The topological polar surface area (TPSA) is 80.5 Å². The number of carbonyl (C=O) groups excluding carboxylic acids is 1. The smallest absolute Gasteiger partial charge is 0.243 e. The fraction of sp³-hybridized carbons (Fsp3) is 0.550. The van der Waals surface area contributed by atoms with Crippen LogP contribution in [0, 0.1) is 5.92 Å². The number of rotatable bonds is 6. The highest BCUT2D eigenvalue weighted by molar-refractivity contribution is 5.94. The molecule has 1 atom stereocenters. The van der Waals surface area contributed by atoms with Crippen molar-refractivity contribution >= 4 is 11.6 Å². The molecule has 27 heavy (non-hydrogen) atoms. The third-order valence-corrected chi connectivity index (χ3v) is 5.14. The second kappa shape index (κ2) is 8.52. The Morgan fingerprint density at radius 2 is 1.96 bits per heavy atom. The molecule has 0 bridgehead atoms. The summed E-state index contributed by atoms with van der Waals surface area (Å²) in [5.74, 6) is 2.35. The average molecular weight is 372 g/mol. The minimum atomic E-state index is -0.00716. The van der Waals surface area contributed by atoms with Crippen molar-refractivity contribution in [1.82, 2.24) is 15.0 Å². The van der Waals surface area contributed by atoms with Crippen molar-refractivity contribution < 1.29 is 14.1 Å². The molecule has 2 heterocycles. The van der Waals surface area contributed by atoms with Crippen molar-refractivity contribution in [2.24, 2.45) is 5.92 Å². The summed E-state index contributed by atoms with van der Waals surface area (Å²) in [5, 5.41) is 7.05. The molecule has 1 saturated heterocycles. The average Bonchev–Trinajstić information content (AvgIpc) is 3.18. The number of likely N-dealkylation sites (tertiary alicyclic amines) is 1. The highest BCUT2D eigenvalue weighted by Crippen LogP contribution is 2.29. The number of piperidine rings is 1.